The van der Waals surface area contributed by atoms with E-state index in [1.807, 2.05) is 60.7 Å². The summed E-state index contributed by atoms with van der Waals surface area (Å²) in [6.45, 7) is 2.62. The summed E-state index contributed by atoms with van der Waals surface area (Å²) < 4.78 is 23.5. The standard InChI is InChI=1S/C28H28N2O5/c1-32-23-14-8-12-21(26(23)33-2)25(30-15-17-34-18-16-30)27-24(20-11-6-7-13-22(20)35-27)29-28(31)19-9-4-3-5-10-19/h3-14,25H,15-18H2,1-2H3,(H,29,31). The minimum absolute atomic E-state index is 0.197. The number of anilines is 1. The van der Waals surface area contributed by atoms with Crippen molar-refractivity contribution in [1.82, 2.24) is 4.90 Å². The molecule has 0 aliphatic carbocycles. The molecule has 5 rings (SSSR count). The fraction of sp³-hybridized carbons (Fsp3) is 0.250. The molecule has 1 aromatic heterocycles. The van der Waals surface area contributed by atoms with Gasteiger partial charge in [-0.2, -0.15) is 0 Å². The number of nitrogens with one attached hydrogen (secondary N) is 1. The first-order chi connectivity index (χ1) is 17.2. The molecule has 7 nitrogen and oxygen atoms in total. The van der Waals surface area contributed by atoms with Crippen LogP contribution < -0.4 is 14.8 Å². The molecule has 35 heavy (non-hydrogen) atoms. The van der Waals surface area contributed by atoms with E-state index >= 15 is 0 Å². The number of benzene rings is 3. The van der Waals surface area contributed by atoms with Gasteiger partial charge in [0, 0.05) is 29.6 Å². The van der Waals surface area contributed by atoms with E-state index in [4.69, 9.17) is 18.6 Å². The van der Waals surface area contributed by atoms with Gasteiger partial charge in [0.05, 0.1) is 39.2 Å². The number of hydrogen-bond acceptors (Lipinski definition) is 6. The molecule has 0 spiro atoms. The smallest absolute Gasteiger partial charge is 0.255 e. The molecule has 0 saturated carbocycles. The number of ether oxygens (including phenoxy) is 3. The zero-order chi connectivity index (χ0) is 24.2. The van der Waals surface area contributed by atoms with Crippen LogP contribution in [0.2, 0.25) is 0 Å². The second-order valence-electron chi connectivity index (χ2n) is 8.29. The highest BCUT2D eigenvalue weighted by Crippen LogP contribution is 2.45. The Hall–Kier alpha value is -3.81. The van der Waals surface area contributed by atoms with Crippen LogP contribution in [0, 0.1) is 0 Å². The number of carbonyl (C=O) groups excluding carboxylic acids is 1. The Labute approximate surface area is 204 Å². The van der Waals surface area contributed by atoms with E-state index in [-0.39, 0.29) is 11.9 Å². The number of carbonyl (C=O) groups is 1. The van der Waals surface area contributed by atoms with E-state index in [2.05, 4.69) is 10.2 Å². The molecular formula is C28H28N2O5. The number of morpholine rings is 1. The number of furan rings is 1. The van der Waals surface area contributed by atoms with Crippen molar-refractivity contribution in [3.63, 3.8) is 0 Å². The lowest BCUT2D eigenvalue weighted by Gasteiger charge is -2.34. The highest BCUT2D eigenvalue weighted by atomic mass is 16.5. The zero-order valence-corrected chi connectivity index (χ0v) is 19.8. The van der Waals surface area contributed by atoms with Crippen LogP contribution in [0.3, 0.4) is 0 Å². The highest BCUT2D eigenvalue weighted by molar-refractivity contribution is 6.09. The third-order valence-electron chi connectivity index (χ3n) is 6.28. The van der Waals surface area contributed by atoms with Gasteiger partial charge >= 0.3 is 0 Å². The number of fused-ring (bicyclic) bond motifs is 1. The maximum absolute atomic E-state index is 13.2. The Morgan fingerprint density at radius 1 is 0.914 bits per heavy atom. The zero-order valence-electron chi connectivity index (χ0n) is 19.8. The van der Waals surface area contributed by atoms with Crippen molar-refractivity contribution in [3.8, 4) is 11.5 Å². The monoisotopic (exact) mass is 472 g/mol. The van der Waals surface area contributed by atoms with E-state index in [1.54, 1.807) is 26.4 Å². The van der Waals surface area contributed by atoms with E-state index in [0.29, 0.717) is 60.4 Å². The van der Waals surface area contributed by atoms with Gasteiger partial charge in [0.15, 0.2) is 17.3 Å². The van der Waals surface area contributed by atoms with Gasteiger partial charge in [-0.25, -0.2) is 0 Å². The van der Waals surface area contributed by atoms with Crippen LogP contribution in [-0.2, 0) is 4.74 Å². The Balaban J connectivity index is 1.69. The van der Waals surface area contributed by atoms with Gasteiger partial charge < -0.3 is 23.9 Å². The number of para-hydroxylation sites is 2. The molecule has 1 fully saturated rings. The van der Waals surface area contributed by atoms with Crippen LogP contribution in [0.15, 0.2) is 77.2 Å². The van der Waals surface area contributed by atoms with E-state index in [1.165, 1.54) is 0 Å². The molecule has 1 saturated heterocycles. The molecule has 1 unspecified atom stereocenters. The molecule has 3 aromatic carbocycles. The summed E-state index contributed by atoms with van der Waals surface area (Å²) in [6, 6.07) is 22.4. The second kappa shape index (κ2) is 10.2. The normalized spacial score (nSPS) is 15.0. The van der Waals surface area contributed by atoms with E-state index in [0.717, 1.165) is 10.9 Å². The number of methoxy groups -OCH3 is 2. The van der Waals surface area contributed by atoms with Crippen LogP contribution in [-0.4, -0.2) is 51.3 Å². The fourth-order valence-electron chi connectivity index (χ4n) is 4.63. The lowest BCUT2D eigenvalue weighted by atomic mass is 9.98. The van der Waals surface area contributed by atoms with Crippen LogP contribution in [0.1, 0.15) is 27.7 Å². The molecule has 180 valence electrons. The summed E-state index contributed by atoms with van der Waals surface area (Å²) in [7, 11) is 3.26. The predicted molar refractivity (Wildman–Crippen MR) is 134 cm³/mol. The average Bonchev–Trinajstić information content (AvgIpc) is 3.27. The van der Waals surface area contributed by atoms with Crippen molar-refractivity contribution in [1.29, 1.82) is 0 Å². The molecule has 1 amide bonds. The molecule has 0 bridgehead atoms. The average molecular weight is 473 g/mol. The van der Waals surface area contributed by atoms with Crippen molar-refractivity contribution >= 4 is 22.6 Å². The third-order valence-corrected chi connectivity index (χ3v) is 6.28. The molecule has 1 atom stereocenters. The summed E-state index contributed by atoms with van der Waals surface area (Å²) in [4.78, 5) is 15.5. The van der Waals surface area contributed by atoms with Crippen molar-refractivity contribution < 1.29 is 23.4 Å². The van der Waals surface area contributed by atoms with Gasteiger partial charge in [0.2, 0.25) is 0 Å². The van der Waals surface area contributed by atoms with Gasteiger partial charge in [0.1, 0.15) is 5.58 Å². The first kappa shape index (κ1) is 23.0. The summed E-state index contributed by atoms with van der Waals surface area (Å²) in [5.41, 5.74) is 2.82. The predicted octanol–water partition coefficient (Wildman–Crippen LogP) is 5.12. The molecular weight excluding hydrogens is 444 g/mol. The second-order valence-corrected chi connectivity index (χ2v) is 8.29. The summed E-state index contributed by atoms with van der Waals surface area (Å²) in [5, 5.41) is 3.98. The molecule has 1 N–H and O–H groups in total. The van der Waals surface area contributed by atoms with E-state index in [9.17, 15) is 4.79 Å². The van der Waals surface area contributed by atoms with E-state index < -0.39 is 0 Å². The minimum atomic E-state index is -0.331. The number of amides is 1. The SMILES string of the molecule is COc1cccc(C(c2oc3ccccc3c2NC(=O)c2ccccc2)N2CCOCC2)c1OC. The third kappa shape index (κ3) is 4.48. The van der Waals surface area contributed by atoms with Crippen LogP contribution >= 0.6 is 0 Å². The molecule has 0 radical (unpaired) electrons. The van der Waals surface area contributed by atoms with Gasteiger partial charge in [0.25, 0.3) is 5.91 Å². The Kier molecular flexibility index (Phi) is 6.70. The minimum Gasteiger partial charge on any atom is -0.493 e. The maximum atomic E-state index is 13.2. The van der Waals surface area contributed by atoms with Crippen molar-refractivity contribution in [2.24, 2.45) is 0 Å². The lowest BCUT2D eigenvalue weighted by molar-refractivity contribution is 0.0201. The van der Waals surface area contributed by atoms with Crippen molar-refractivity contribution in [2.75, 3.05) is 45.8 Å². The van der Waals surface area contributed by atoms with Crippen LogP contribution in [0.4, 0.5) is 5.69 Å². The maximum Gasteiger partial charge on any atom is 0.255 e. The Morgan fingerprint density at radius 3 is 2.40 bits per heavy atom. The fourth-order valence-corrected chi connectivity index (χ4v) is 4.63. The van der Waals surface area contributed by atoms with Crippen LogP contribution in [0.25, 0.3) is 11.0 Å². The van der Waals surface area contributed by atoms with Crippen molar-refractivity contribution in [2.45, 2.75) is 6.04 Å². The van der Waals surface area contributed by atoms with Gasteiger partial charge in [-0.15, -0.1) is 0 Å². The molecule has 2 heterocycles. The number of nitrogens with zero attached hydrogens (tertiary/aromatic N) is 1. The highest BCUT2D eigenvalue weighted by Gasteiger charge is 2.34. The molecule has 4 aromatic rings. The quantitative estimate of drug-likeness (QED) is 0.402. The van der Waals surface area contributed by atoms with Crippen molar-refractivity contribution in [3.05, 3.63) is 89.7 Å². The summed E-state index contributed by atoms with van der Waals surface area (Å²) >= 11 is 0. The lowest BCUT2D eigenvalue weighted by Crippen LogP contribution is -2.39. The Morgan fingerprint density at radius 2 is 1.66 bits per heavy atom. The van der Waals surface area contributed by atoms with Gasteiger partial charge in [-0.1, -0.05) is 42.5 Å². The van der Waals surface area contributed by atoms with Gasteiger partial charge in [-0.05, 0) is 30.3 Å². The topological polar surface area (TPSA) is 73.2 Å². The molecule has 1 aliphatic rings. The first-order valence-electron chi connectivity index (χ1n) is 11.6. The summed E-state index contributed by atoms with van der Waals surface area (Å²) in [6.07, 6.45) is 0. The Bertz CT molecular complexity index is 1310. The number of hydrogen-bond donors (Lipinski definition) is 1. The largest absolute Gasteiger partial charge is 0.493 e. The van der Waals surface area contributed by atoms with Crippen LogP contribution in [0.5, 0.6) is 11.5 Å². The molecule has 7 heteroatoms. The van der Waals surface area contributed by atoms with Gasteiger partial charge in [-0.3, -0.25) is 9.69 Å². The number of rotatable bonds is 7. The summed E-state index contributed by atoms with van der Waals surface area (Å²) in [5.74, 6) is 1.71. The molecule has 1 aliphatic heterocycles. The first-order valence-corrected chi connectivity index (χ1v) is 11.6.